The Morgan fingerprint density at radius 1 is 1.11 bits per heavy atom. The number of rotatable bonds is 3. The van der Waals surface area contributed by atoms with Crippen LogP contribution in [0.25, 0.3) is 0 Å². The maximum absolute atomic E-state index is 6.13. The number of halogens is 3. The number of benzene rings is 2. The van der Waals surface area contributed by atoms with Crippen molar-refractivity contribution in [2.24, 2.45) is 0 Å². The van der Waals surface area contributed by atoms with Crippen LogP contribution in [-0.2, 0) is 6.54 Å². The van der Waals surface area contributed by atoms with Crippen LogP contribution in [0.1, 0.15) is 11.1 Å². The molecule has 2 aromatic rings. The summed E-state index contributed by atoms with van der Waals surface area (Å²) in [6.07, 6.45) is 0. The monoisotopic (exact) mass is 387 g/mol. The van der Waals surface area contributed by atoms with Crippen molar-refractivity contribution in [2.75, 3.05) is 5.32 Å². The molecular formula is C14H12Br2ClN. The lowest BCUT2D eigenvalue weighted by Crippen LogP contribution is -2.01. The summed E-state index contributed by atoms with van der Waals surface area (Å²) in [4.78, 5) is 0. The standard InChI is InChI=1S/C14H12Br2ClN/c1-9-2-3-10(12(16)6-9)8-18-14-7-11(15)4-5-13(14)17/h2-7,18H,8H2,1H3. The minimum absolute atomic E-state index is 0.724. The van der Waals surface area contributed by atoms with Gasteiger partial charge in [0.1, 0.15) is 0 Å². The molecule has 0 saturated heterocycles. The first-order chi connectivity index (χ1) is 8.56. The molecule has 0 radical (unpaired) electrons. The van der Waals surface area contributed by atoms with Gasteiger partial charge in [-0.25, -0.2) is 0 Å². The van der Waals surface area contributed by atoms with Gasteiger partial charge in [-0.2, -0.15) is 0 Å². The second kappa shape index (κ2) is 6.09. The van der Waals surface area contributed by atoms with Crippen molar-refractivity contribution in [3.8, 4) is 0 Å². The van der Waals surface area contributed by atoms with Gasteiger partial charge in [0, 0.05) is 15.5 Å². The summed E-state index contributed by atoms with van der Waals surface area (Å²) in [5.41, 5.74) is 3.38. The predicted octanol–water partition coefficient (Wildman–Crippen LogP) is 5.79. The van der Waals surface area contributed by atoms with E-state index in [0.29, 0.717) is 0 Å². The molecule has 2 aromatic carbocycles. The Bertz CT molecular complexity index is 570. The van der Waals surface area contributed by atoms with Gasteiger partial charge in [-0.05, 0) is 42.3 Å². The van der Waals surface area contributed by atoms with E-state index in [1.165, 1.54) is 11.1 Å². The summed E-state index contributed by atoms with van der Waals surface area (Å²) in [5, 5.41) is 4.06. The van der Waals surface area contributed by atoms with E-state index < -0.39 is 0 Å². The van der Waals surface area contributed by atoms with Crippen LogP contribution in [-0.4, -0.2) is 0 Å². The highest BCUT2D eigenvalue weighted by Gasteiger charge is 2.03. The van der Waals surface area contributed by atoms with Crippen LogP contribution in [0, 0.1) is 6.92 Å². The molecule has 18 heavy (non-hydrogen) atoms. The molecule has 0 aliphatic rings. The molecule has 0 heterocycles. The van der Waals surface area contributed by atoms with E-state index in [-0.39, 0.29) is 0 Å². The summed E-state index contributed by atoms with van der Waals surface area (Å²) in [6, 6.07) is 12.1. The van der Waals surface area contributed by atoms with Crippen LogP contribution in [0.2, 0.25) is 5.02 Å². The van der Waals surface area contributed by atoms with E-state index in [1.807, 2.05) is 18.2 Å². The highest BCUT2D eigenvalue weighted by atomic mass is 79.9. The normalized spacial score (nSPS) is 10.4. The first-order valence-corrected chi connectivity index (χ1v) is 7.46. The third-order valence-corrected chi connectivity index (χ3v) is 4.17. The Hall–Kier alpha value is -0.510. The molecule has 0 spiro atoms. The first kappa shape index (κ1) is 13.9. The van der Waals surface area contributed by atoms with Crippen LogP contribution in [0.4, 0.5) is 5.69 Å². The summed E-state index contributed by atoms with van der Waals surface area (Å²) in [7, 11) is 0. The van der Waals surface area contributed by atoms with Gasteiger partial charge in [0.2, 0.25) is 0 Å². The fraction of sp³-hybridized carbons (Fsp3) is 0.143. The average molecular weight is 390 g/mol. The third kappa shape index (κ3) is 3.50. The molecule has 2 rings (SSSR count). The Balaban J connectivity index is 2.13. The van der Waals surface area contributed by atoms with Crippen LogP contribution >= 0.6 is 43.5 Å². The van der Waals surface area contributed by atoms with Crippen molar-refractivity contribution in [1.29, 1.82) is 0 Å². The van der Waals surface area contributed by atoms with E-state index in [2.05, 4.69) is 62.3 Å². The molecule has 0 unspecified atom stereocenters. The number of nitrogens with one attached hydrogen (secondary N) is 1. The molecule has 0 aliphatic heterocycles. The zero-order valence-corrected chi connectivity index (χ0v) is 13.7. The summed E-state index contributed by atoms with van der Waals surface area (Å²) in [6.45, 7) is 2.81. The highest BCUT2D eigenvalue weighted by molar-refractivity contribution is 9.10. The molecular weight excluding hydrogens is 377 g/mol. The SMILES string of the molecule is Cc1ccc(CNc2cc(Br)ccc2Cl)c(Br)c1. The van der Waals surface area contributed by atoms with Gasteiger partial charge in [-0.1, -0.05) is 55.6 Å². The summed E-state index contributed by atoms with van der Waals surface area (Å²) in [5.74, 6) is 0. The van der Waals surface area contributed by atoms with Crippen LogP contribution in [0.3, 0.4) is 0 Å². The van der Waals surface area contributed by atoms with Crippen molar-refractivity contribution in [3.63, 3.8) is 0 Å². The Kier molecular flexibility index (Phi) is 4.71. The first-order valence-electron chi connectivity index (χ1n) is 5.50. The lowest BCUT2D eigenvalue weighted by Gasteiger charge is -2.10. The van der Waals surface area contributed by atoms with E-state index in [4.69, 9.17) is 11.6 Å². The van der Waals surface area contributed by atoms with Gasteiger partial charge < -0.3 is 5.32 Å². The molecule has 1 N–H and O–H groups in total. The van der Waals surface area contributed by atoms with E-state index >= 15 is 0 Å². The minimum atomic E-state index is 0.724. The van der Waals surface area contributed by atoms with Gasteiger partial charge in [-0.3, -0.25) is 0 Å². The topological polar surface area (TPSA) is 12.0 Å². The smallest absolute Gasteiger partial charge is 0.0638 e. The molecule has 4 heteroatoms. The molecule has 94 valence electrons. The zero-order valence-electron chi connectivity index (χ0n) is 9.81. The van der Waals surface area contributed by atoms with Crippen molar-refractivity contribution in [2.45, 2.75) is 13.5 Å². The van der Waals surface area contributed by atoms with E-state index in [0.717, 1.165) is 26.2 Å². The van der Waals surface area contributed by atoms with Crippen LogP contribution < -0.4 is 5.32 Å². The van der Waals surface area contributed by atoms with Crippen molar-refractivity contribution in [1.82, 2.24) is 0 Å². The second-order valence-corrected chi connectivity index (χ2v) is 6.25. The maximum atomic E-state index is 6.13. The van der Waals surface area contributed by atoms with Gasteiger partial charge in [0.15, 0.2) is 0 Å². The Morgan fingerprint density at radius 2 is 1.89 bits per heavy atom. The average Bonchev–Trinajstić information content (AvgIpc) is 2.32. The van der Waals surface area contributed by atoms with Crippen molar-refractivity contribution in [3.05, 3.63) is 61.5 Å². The number of hydrogen-bond acceptors (Lipinski definition) is 1. The summed E-state index contributed by atoms with van der Waals surface area (Å²) >= 11 is 13.1. The highest BCUT2D eigenvalue weighted by Crippen LogP contribution is 2.27. The molecule has 0 fully saturated rings. The van der Waals surface area contributed by atoms with Crippen molar-refractivity contribution >= 4 is 49.1 Å². The van der Waals surface area contributed by atoms with Crippen molar-refractivity contribution < 1.29 is 0 Å². The number of aryl methyl sites for hydroxylation is 1. The quantitative estimate of drug-likeness (QED) is 0.701. The predicted molar refractivity (Wildman–Crippen MR) is 85.4 cm³/mol. The minimum Gasteiger partial charge on any atom is -0.380 e. The molecule has 0 atom stereocenters. The zero-order chi connectivity index (χ0) is 13.1. The third-order valence-electron chi connectivity index (χ3n) is 2.61. The molecule has 0 aromatic heterocycles. The molecule has 0 aliphatic carbocycles. The largest absolute Gasteiger partial charge is 0.380 e. The van der Waals surface area contributed by atoms with Crippen LogP contribution in [0.15, 0.2) is 45.3 Å². The fourth-order valence-corrected chi connectivity index (χ4v) is 2.80. The number of anilines is 1. The molecule has 1 nitrogen and oxygen atoms in total. The molecule has 0 saturated carbocycles. The Morgan fingerprint density at radius 3 is 2.61 bits per heavy atom. The van der Waals surface area contributed by atoms with Gasteiger partial charge in [0.05, 0.1) is 10.7 Å². The van der Waals surface area contributed by atoms with Gasteiger partial charge >= 0.3 is 0 Å². The lowest BCUT2D eigenvalue weighted by molar-refractivity contribution is 1.13. The van der Waals surface area contributed by atoms with Crippen LogP contribution in [0.5, 0.6) is 0 Å². The molecule has 0 amide bonds. The van der Waals surface area contributed by atoms with Gasteiger partial charge in [0.25, 0.3) is 0 Å². The summed E-state index contributed by atoms with van der Waals surface area (Å²) < 4.78 is 2.12. The maximum Gasteiger partial charge on any atom is 0.0638 e. The van der Waals surface area contributed by atoms with Gasteiger partial charge in [-0.15, -0.1) is 0 Å². The van der Waals surface area contributed by atoms with E-state index in [1.54, 1.807) is 0 Å². The Labute approximate surface area is 129 Å². The molecule has 0 bridgehead atoms. The second-order valence-electron chi connectivity index (χ2n) is 4.07. The van der Waals surface area contributed by atoms with E-state index in [9.17, 15) is 0 Å². The lowest BCUT2D eigenvalue weighted by atomic mass is 10.1. The number of hydrogen-bond donors (Lipinski definition) is 1. The fourth-order valence-electron chi connectivity index (χ4n) is 1.62.